The van der Waals surface area contributed by atoms with Crippen LogP contribution in [0.25, 0.3) is 5.57 Å². The van der Waals surface area contributed by atoms with Gasteiger partial charge in [0.25, 0.3) is 11.8 Å². The Kier molecular flexibility index (Phi) is 6.77. The highest BCUT2D eigenvalue weighted by atomic mass is 16.5. The van der Waals surface area contributed by atoms with Crippen LogP contribution in [-0.2, 0) is 16.0 Å². The van der Waals surface area contributed by atoms with E-state index in [1.165, 1.54) is 4.90 Å². The summed E-state index contributed by atoms with van der Waals surface area (Å²) < 4.78 is 5.28. The molecule has 0 unspecified atom stereocenters. The van der Waals surface area contributed by atoms with E-state index in [4.69, 9.17) is 4.74 Å². The third-order valence-electron chi connectivity index (χ3n) is 6.30. The Morgan fingerprint density at radius 3 is 2.24 bits per heavy atom. The van der Waals surface area contributed by atoms with Crippen molar-refractivity contribution >= 4 is 23.1 Å². The average molecular weight is 456 g/mol. The molecule has 2 heterocycles. The van der Waals surface area contributed by atoms with Gasteiger partial charge in [-0.2, -0.15) is 0 Å². The van der Waals surface area contributed by atoms with Gasteiger partial charge in [0.2, 0.25) is 0 Å². The Hall–Kier alpha value is -3.93. The van der Waals surface area contributed by atoms with Crippen LogP contribution in [0, 0.1) is 13.8 Å². The van der Waals surface area contributed by atoms with Crippen LogP contribution < -0.4 is 9.64 Å². The van der Waals surface area contributed by atoms with E-state index in [2.05, 4.69) is 4.98 Å². The first-order valence-electron chi connectivity index (χ1n) is 11.4. The Bertz CT molecular complexity index is 1230. The first kappa shape index (κ1) is 23.2. The highest BCUT2D eigenvalue weighted by Gasteiger charge is 2.42. The number of carbonyl (C=O) groups excluding carboxylic acids is 2. The zero-order chi connectivity index (χ0) is 24.2. The highest BCUT2D eigenvalue weighted by Crippen LogP contribution is 2.36. The zero-order valence-electron chi connectivity index (χ0n) is 20.0. The molecule has 1 aliphatic rings. The topological polar surface area (TPSA) is 62.7 Å². The molecule has 1 aliphatic heterocycles. The SMILES string of the molecule is CCN(CCc1ccncc1)C1=C(c2ccc(OC)cc2)C(=O)N(c2ccc(C)c(C)c2)C1=O. The molecule has 174 valence electrons. The van der Waals surface area contributed by atoms with E-state index in [0.29, 0.717) is 41.4 Å². The number of amides is 2. The van der Waals surface area contributed by atoms with Gasteiger partial charge in [0.15, 0.2) is 0 Å². The van der Waals surface area contributed by atoms with Gasteiger partial charge in [-0.25, -0.2) is 4.90 Å². The number of carbonyl (C=O) groups is 2. The lowest BCUT2D eigenvalue weighted by Gasteiger charge is -2.25. The maximum absolute atomic E-state index is 13.8. The molecule has 0 aliphatic carbocycles. The van der Waals surface area contributed by atoms with Crippen molar-refractivity contribution in [2.75, 3.05) is 25.1 Å². The number of likely N-dealkylation sites (N-methyl/N-ethyl adjacent to an activating group) is 1. The molecule has 0 bridgehead atoms. The predicted molar refractivity (Wildman–Crippen MR) is 134 cm³/mol. The number of hydrogen-bond acceptors (Lipinski definition) is 5. The van der Waals surface area contributed by atoms with Crippen molar-refractivity contribution < 1.29 is 14.3 Å². The van der Waals surface area contributed by atoms with Crippen molar-refractivity contribution in [3.8, 4) is 5.75 Å². The number of imide groups is 1. The number of hydrogen-bond donors (Lipinski definition) is 0. The van der Waals surface area contributed by atoms with E-state index in [1.807, 2.05) is 80.3 Å². The maximum Gasteiger partial charge on any atom is 0.282 e. The minimum atomic E-state index is -0.309. The van der Waals surface area contributed by atoms with Gasteiger partial charge in [-0.3, -0.25) is 14.6 Å². The van der Waals surface area contributed by atoms with Gasteiger partial charge < -0.3 is 9.64 Å². The van der Waals surface area contributed by atoms with E-state index in [1.54, 1.807) is 19.5 Å². The van der Waals surface area contributed by atoms with Crippen molar-refractivity contribution in [1.82, 2.24) is 9.88 Å². The van der Waals surface area contributed by atoms with Crippen LogP contribution in [0.15, 0.2) is 72.7 Å². The van der Waals surface area contributed by atoms with Crippen molar-refractivity contribution in [3.63, 3.8) is 0 Å². The number of aryl methyl sites for hydroxylation is 2. The fraction of sp³-hybridized carbons (Fsp3) is 0.250. The molecule has 0 spiro atoms. The summed E-state index contributed by atoms with van der Waals surface area (Å²) in [4.78, 5) is 34.9. The lowest BCUT2D eigenvalue weighted by atomic mass is 10.0. The number of methoxy groups -OCH3 is 1. The van der Waals surface area contributed by atoms with Crippen LogP contribution in [0.5, 0.6) is 5.75 Å². The third-order valence-corrected chi connectivity index (χ3v) is 6.30. The molecule has 4 rings (SSSR count). The summed E-state index contributed by atoms with van der Waals surface area (Å²) in [5.74, 6) is 0.0881. The molecular weight excluding hydrogens is 426 g/mol. The van der Waals surface area contributed by atoms with E-state index in [9.17, 15) is 9.59 Å². The molecule has 3 aromatic rings. The first-order chi connectivity index (χ1) is 16.4. The smallest absolute Gasteiger partial charge is 0.282 e. The molecule has 2 aromatic carbocycles. The Balaban J connectivity index is 1.77. The fourth-order valence-corrected chi connectivity index (χ4v) is 4.17. The molecule has 1 aromatic heterocycles. The molecule has 0 fully saturated rings. The molecule has 0 saturated carbocycles. The second kappa shape index (κ2) is 9.91. The minimum absolute atomic E-state index is 0.296. The van der Waals surface area contributed by atoms with Crippen molar-refractivity contribution in [1.29, 1.82) is 0 Å². The number of ether oxygens (including phenoxy) is 1. The van der Waals surface area contributed by atoms with Gasteiger partial charge in [-0.1, -0.05) is 18.2 Å². The Morgan fingerprint density at radius 1 is 0.912 bits per heavy atom. The van der Waals surface area contributed by atoms with E-state index < -0.39 is 0 Å². The molecule has 6 heteroatoms. The molecule has 2 amide bonds. The second-order valence-corrected chi connectivity index (χ2v) is 8.35. The molecule has 6 nitrogen and oxygen atoms in total. The Labute approximate surface area is 200 Å². The van der Waals surface area contributed by atoms with Gasteiger partial charge in [-0.15, -0.1) is 0 Å². The van der Waals surface area contributed by atoms with Gasteiger partial charge in [0.1, 0.15) is 11.4 Å². The largest absolute Gasteiger partial charge is 0.497 e. The number of pyridine rings is 1. The number of aromatic nitrogens is 1. The Morgan fingerprint density at radius 2 is 1.62 bits per heavy atom. The molecular formula is C28H29N3O3. The van der Waals surface area contributed by atoms with Gasteiger partial charge in [0, 0.05) is 25.5 Å². The van der Waals surface area contributed by atoms with Crippen LogP contribution in [0.3, 0.4) is 0 Å². The standard InChI is InChI=1S/C28H29N3O3/c1-5-30(17-14-21-12-15-29-16-13-21)26-25(22-7-10-24(34-4)11-8-22)27(32)31(28(26)33)23-9-6-19(2)20(3)18-23/h6-13,15-16,18H,5,14,17H2,1-4H3. The summed E-state index contributed by atoms with van der Waals surface area (Å²) in [6.45, 7) is 7.20. The van der Waals surface area contributed by atoms with Crippen LogP contribution in [0.2, 0.25) is 0 Å². The summed E-state index contributed by atoms with van der Waals surface area (Å²) >= 11 is 0. The van der Waals surface area contributed by atoms with Gasteiger partial charge in [0.05, 0.1) is 18.4 Å². The summed E-state index contributed by atoms with van der Waals surface area (Å²) in [5.41, 5.74) is 5.41. The van der Waals surface area contributed by atoms with Crippen molar-refractivity contribution in [2.45, 2.75) is 27.2 Å². The fourth-order valence-electron chi connectivity index (χ4n) is 4.17. The normalized spacial score (nSPS) is 13.6. The number of benzene rings is 2. The predicted octanol–water partition coefficient (Wildman–Crippen LogP) is 4.56. The number of nitrogens with zero attached hydrogens (tertiary/aromatic N) is 3. The molecule has 0 atom stereocenters. The molecule has 0 N–H and O–H groups in total. The summed E-state index contributed by atoms with van der Waals surface area (Å²) in [6, 6.07) is 16.9. The number of rotatable bonds is 8. The van der Waals surface area contributed by atoms with Crippen molar-refractivity contribution in [3.05, 3.63) is 94.9 Å². The minimum Gasteiger partial charge on any atom is -0.497 e. The third kappa shape index (κ3) is 4.44. The van der Waals surface area contributed by atoms with Gasteiger partial charge >= 0.3 is 0 Å². The van der Waals surface area contributed by atoms with Crippen LogP contribution in [0.4, 0.5) is 5.69 Å². The van der Waals surface area contributed by atoms with Crippen LogP contribution in [-0.4, -0.2) is 41.9 Å². The monoisotopic (exact) mass is 455 g/mol. The molecule has 0 saturated heterocycles. The zero-order valence-corrected chi connectivity index (χ0v) is 20.0. The second-order valence-electron chi connectivity index (χ2n) is 8.35. The van der Waals surface area contributed by atoms with E-state index in [0.717, 1.165) is 23.1 Å². The van der Waals surface area contributed by atoms with Crippen molar-refractivity contribution in [2.24, 2.45) is 0 Å². The lowest BCUT2D eigenvalue weighted by Crippen LogP contribution is -2.36. The molecule has 0 radical (unpaired) electrons. The lowest BCUT2D eigenvalue weighted by molar-refractivity contribution is -0.120. The number of anilines is 1. The van der Waals surface area contributed by atoms with Gasteiger partial charge in [-0.05, 0) is 85.8 Å². The van der Waals surface area contributed by atoms with E-state index >= 15 is 0 Å². The average Bonchev–Trinajstić information content (AvgIpc) is 3.12. The maximum atomic E-state index is 13.8. The summed E-state index contributed by atoms with van der Waals surface area (Å²) in [6.07, 6.45) is 4.26. The summed E-state index contributed by atoms with van der Waals surface area (Å²) in [7, 11) is 1.60. The summed E-state index contributed by atoms with van der Waals surface area (Å²) in [5, 5.41) is 0. The van der Waals surface area contributed by atoms with Crippen LogP contribution >= 0.6 is 0 Å². The molecule has 34 heavy (non-hydrogen) atoms. The first-order valence-corrected chi connectivity index (χ1v) is 11.4. The highest BCUT2D eigenvalue weighted by molar-refractivity contribution is 6.45. The quantitative estimate of drug-likeness (QED) is 0.466. The van der Waals surface area contributed by atoms with E-state index in [-0.39, 0.29) is 11.8 Å². The van der Waals surface area contributed by atoms with Crippen LogP contribution in [0.1, 0.15) is 29.2 Å².